The molecule has 0 spiro atoms. The standard InChI is InChI=1S/C10H14N2.2C2H6/c1-5-7-9-8(3)11-12(4)10(9)6-2;2*1-2/h5-7H,2H2,1,3-4H3;2*1-2H3/b7-5-;;. The highest BCUT2D eigenvalue weighted by Gasteiger charge is 2.05. The van der Waals surface area contributed by atoms with Crippen LogP contribution in [0.15, 0.2) is 12.7 Å². The molecule has 2 nitrogen and oxygen atoms in total. The Morgan fingerprint density at radius 1 is 1.19 bits per heavy atom. The Labute approximate surface area is 101 Å². The number of hydrogen-bond donors (Lipinski definition) is 0. The Morgan fingerprint density at radius 2 is 1.69 bits per heavy atom. The minimum Gasteiger partial charge on any atom is -0.268 e. The van der Waals surface area contributed by atoms with Crippen molar-refractivity contribution in [3.63, 3.8) is 0 Å². The molecular weight excluding hydrogens is 196 g/mol. The Balaban J connectivity index is 0. The molecule has 2 heteroatoms. The van der Waals surface area contributed by atoms with Gasteiger partial charge in [-0.1, -0.05) is 46.4 Å². The summed E-state index contributed by atoms with van der Waals surface area (Å²) in [6.45, 7) is 15.8. The van der Waals surface area contributed by atoms with Gasteiger partial charge in [-0.2, -0.15) is 5.10 Å². The Morgan fingerprint density at radius 3 is 2.06 bits per heavy atom. The van der Waals surface area contributed by atoms with E-state index in [0.717, 1.165) is 17.0 Å². The molecule has 1 heterocycles. The van der Waals surface area contributed by atoms with Gasteiger partial charge in [0.1, 0.15) is 0 Å². The molecule has 0 saturated carbocycles. The van der Waals surface area contributed by atoms with Gasteiger partial charge >= 0.3 is 0 Å². The van der Waals surface area contributed by atoms with Gasteiger partial charge in [0.2, 0.25) is 0 Å². The second-order valence-electron chi connectivity index (χ2n) is 2.71. The minimum atomic E-state index is 1.05. The Hall–Kier alpha value is -1.31. The van der Waals surface area contributed by atoms with Gasteiger partial charge < -0.3 is 0 Å². The first-order valence-corrected chi connectivity index (χ1v) is 5.99. The Bertz CT molecular complexity index is 320. The maximum atomic E-state index is 4.29. The van der Waals surface area contributed by atoms with Crippen molar-refractivity contribution >= 4 is 12.2 Å². The van der Waals surface area contributed by atoms with Crippen LogP contribution in [0.5, 0.6) is 0 Å². The summed E-state index contributed by atoms with van der Waals surface area (Å²) < 4.78 is 1.84. The quantitative estimate of drug-likeness (QED) is 0.722. The summed E-state index contributed by atoms with van der Waals surface area (Å²) in [5.74, 6) is 0. The van der Waals surface area contributed by atoms with E-state index in [9.17, 15) is 0 Å². The van der Waals surface area contributed by atoms with Crippen LogP contribution in [0.3, 0.4) is 0 Å². The van der Waals surface area contributed by atoms with E-state index in [1.165, 1.54) is 0 Å². The predicted molar refractivity (Wildman–Crippen MR) is 75.4 cm³/mol. The highest BCUT2D eigenvalue weighted by atomic mass is 15.3. The third-order valence-corrected chi connectivity index (χ3v) is 1.84. The van der Waals surface area contributed by atoms with Crippen molar-refractivity contribution in [2.45, 2.75) is 41.5 Å². The molecule has 0 atom stereocenters. The molecule has 0 bridgehead atoms. The SMILES string of the molecule is C=Cc1c(/C=C\C)c(C)nn1C.CC.CC. The monoisotopic (exact) mass is 222 g/mol. The number of hydrogen-bond acceptors (Lipinski definition) is 1. The topological polar surface area (TPSA) is 17.8 Å². The van der Waals surface area contributed by atoms with Crippen LogP contribution < -0.4 is 0 Å². The molecule has 0 N–H and O–H groups in total. The van der Waals surface area contributed by atoms with Crippen LogP contribution in [0.2, 0.25) is 0 Å². The second kappa shape index (κ2) is 10.2. The number of rotatable bonds is 2. The molecule has 0 aliphatic carbocycles. The van der Waals surface area contributed by atoms with Gasteiger partial charge in [-0.25, -0.2) is 0 Å². The van der Waals surface area contributed by atoms with E-state index in [2.05, 4.69) is 17.8 Å². The maximum absolute atomic E-state index is 4.29. The highest BCUT2D eigenvalue weighted by molar-refractivity contribution is 5.63. The summed E-state index contributed by atoms with van der Waals surface area (Å²) in [4.78, 5) is 0. The van der Waals surface area contributed by atoms with Gasteiger partial charge in [-0.3, -0.25) is 4.68 Å². The fourth-order valence-electron chi connectivity index (χ4n) is 1.31. The average molecular weight is 222 g/mol. The summed E-state index contributed by atoms with van der Waals surface area (Å²) in [6.07, 6.45) is 5.89. The fraction of sp³-hybridized carbons (Fsp3) is 0.500. The lowest BCUT2D eigenvalue weighted by Gasteiger charge is -1.94. The molecule has 0 radical (unpaired) electrons. The van der Waals surface area contributed by atoms with Crippen LogP contribution in [0.25, 0.3) is 12.2 Å². The molecule has 1 aromatic rings. The molecule has 0 aliphatic rings. The molecule has 0 unspecified atom stereocenters. The van der Waals surface area contributed by atoms with E-state index >= 15 is 0 Å². The van der Waals surface area contributed by atoms with Crippen LogP contribution in [0, 0.1) is 6.92 Å². The second-order valence-corrected chi connectivity index (χ2v) is 2.71. The van der Waals surface area contributed by atoms with E-state index in [0.29, 0.717) is 0 Å². The van der Waals surface area contributed by atoms with Crippen molar-refractivity contribution in [1.29, 1.82) is 0 Å². The van der Waals surface area contributed by atoms with Crippen LogP contribution >= 0.6 is 0 Å². The van der Waals surface area contributed by atoms with Crippen molar-refractivity contribution < 1.29 is 0 Å². The third kappa shape index (κ3) is 4.47. The molecule has 1 aromatic heterocycles. The summed E-state index contributed by atoms with van der Waals surface area (Å²) in [7, 11) is 1.93. The lowest BCUT2D eigenvalue weighted by molar-refractivity contribution is 0.749. The normalized spacial score (nSPS) is 8.94. The van der Waals surface area contributed by atoms with E-state index < -0.39 is 0 Å². The van der Waals surface area contributed by atoms with Gasteiger partial charge in [-0.05, 0) is 19.9 Å². The van der Waals surface area contributed by atoms with Gasteiger partial charge in [0.15, 0.2) is 0 Å². The molecule has 1 rings (SSSR count). The van der Waals surface area contributed by atoms with Crippen molar-refractivity contribution in [3.05, 3.63) is 29.6 Å². The maximum Gasteiger partial charge on any atom is 0.0675 e. The van der Waals surface area contributed by atoms with Crippen LogP contribution in [0.1, 0.15) is 51.6 Å². The third-order valence-electron chi connectivity index (χ3n) is 1.84. The first-order chi connectivity index (χ1) is 7.70. The van der Waals surface area contributed by atoms with Crippen molar-refractivity contribution in [2.75, 3.05) is 0 Å². The largest absolute Gasteiger partial charge is 0.268 e. The number of aromatic nitrogens is 2. The van der Waals surface area contributed by atoms with E-state index in [1.54, 1.807) is 0 Å². The summed E-state index contributed by atoms with van der Waals surface area (Å²) in [5, 5.41) is 4.29. The van der Waals surface area contributed by atoms with Crippen molar-refractivity contribution in [2.24, 2.45) is 7.05 Å². The highest BCUT2D eigenvalue weighted by Crippen LogP contribution is 2.15. The molecule has 16 heavy (non-hydrogen) atoms. The van der Waals surface area contributed by atoms with E-state index in [4.69, 9.17) is 0 Å². The van der Waals surface area contributed by atoms with Gasteiger partial charge in [-0.15, -0.1) is 0 Å². The number of aryl methyl sites for hydroxylation is 2. The van der Waals surface area contributed by atoms with Crippen LogP contribution in [-0.4, -0.2) is 9.78 Å². The first kappa shape index (κ1) is 17.1. The van der Waals surface area contributed by atoms with Crippen LogP contribution in [0.4, 0.5) is 0 Å². The zero-order valence-corrected chi connectivity index (χ0v) is 11.8. The average Bonchev–Trinajstić information content (AvgIpc) is 2.59. The molecule has 0 amide bonds. The lowest BCUT2D eigenvalue weighted by atomic mass is 10.2. The molecule has 0 aromatic carbocycles. The smallest absolute Gasteiger partial charge is 0.0675 e. The molecule has 0 saturated heterocycles. The zero-order valence-electron chi connectivity index (χ0n) is 11.8. The van der Waals surface area contributed by atoms with E-state index in [-0.39, 0.29) is 0 Å². The zero-order chi connectivity index (χ0) is 13.1. The van der Waals surface area contributed by atoms with Crippen molar-refractivity contribution in [1.82, 2.24) is 9.78 Å². The van der Waals surface area contributed by atoms with Gasteiger partial charge in [0.05, 0.1) is 11.4 Å². The Kier molecular flexibility index (Phi) is 10.9. The summed E-state index contributed by atoms with van der Waals surface area (Å²) in [6, 6.07) is 0. The predicted octanol–water partition coefficient (Wildman–Crippen LogP) is 4.46. The number of nitrogens with zero attached hydrogens (tertiary/aromatic N) is 2. The van der Waals surface area contributed by atoms with Gasteiger partial charge in [0.25, 0.3) is 0 Å². The lowest BCUT2D eigenvalue weighted by Crippen LogP contribution is -1.92. The van der Waals surface area contributed by atoms with Gasteiger partial charge in [0, 0.05) is 12.6 Å². The minimum absolute atomic E-state index is 1.05. The fourth-order valence-corrected chi connectivity index (χ4v) is 1.31. The molecular formula is C14H26N2. The molecule has 92 valence electrons. The van der Waals surface area contributed by atoms with Crippen LogP contribution in [-0.2, 0) is 7.05 Å². The molecule has 0 aliphatic heterocycles. The summed E-state index contributed by atoms with van der Waals surface area (Å²) >= 11 is 0. The molecule has 0 fully saturated rings. The summed E-state index contributed by atoms with van der Waals surface area (Å²) in [5.41, 5.74) is 3.28. The number of allylic oxidation sites excluding steroid dienone is 1. The van der Waals surface area contributed by atoms with Crippen molar-refractivity contribution in [3.8, 4) is 0 Å². The first-order valence-electron chi connectivity index (χ1n) is 5.99. The van der Waals surface area contributed by atoms with E-state index in [1.807, 2.05) is 65.4 Å².